The van der Waals surface area contributed by atoms with Crippen LogP contribution in [0.3, 0.4) is 0 Å². The maximum absolute atomic E-state index is 5.66. The smallest absolute Gasteiger partial charge is 0.0173 e. The second-order valence-electron chi connectivity index (χ2n) is 2.22. The van der Waals surface area contributed by atoms with Gasteiger partial charge in [-0.2, -0.15) is 12.6 Å². The molecule has 0 aromatic carbocycles. The van der Waals surface area contributed by atoms with E-state index in [0.717, 1.165) is 19.5 Å². The van der Waals surface area contributed by atoms with Crippen LogP contribution in [0.15, 0.2) is 0 Å². The fourth-order valence-corrected chi connectivity index (χ4v) is 1.14. The molecule has 0 aromatic rings. The van der Waals surface area contributed by atoms with Crippen molar-refractivity contribution in [1.29, 1.82) is 0 Å². The van der Waals surface area contributed by atoms with Crippen molar-refractivity contribution in [1.82, 2.24) is 5.32 Å². The predicted molar refractivity (Wildman–Crippen MR) is 38.1 cm³/mol. The van der Waals surface area contributed by atoms with Gasteiger partial charge in [0.15, 0.2) is 0 Å². The molecule has 1 nitrogen and oxygen atoms in total. The van der Waals surface area contributed by atoms with E-state index in [9.17, 15) is 0 Å². The SMILES string of the molecule is [CH]C1CCNCC1S. The van der Waals surface area contributed by atoms with Gasteiger partial charge in [0.2, 0.25) is 0 Å². The summed E-state index contributed by atoms with van der Waals surface area (Å²) in [4.78, 5) is 0. The fourth-order valence-electron chi connectivity index (χ4n) is 0.862. The molecule has 0 amide bonds. The van der Waals surface area contributed by atoms with E-state index >= 15 is 0 Å². The largest absolute Gasteiger partial charge is 0.316 e. The van der Waals surface area contributed by atoms with Crippen molar-refractivity contribution >= 4 is 12.6 Å². The van der Waals surface area contributed by atoms with E-state index in [2.05, 4.69) is 17.9 Å². The van der Waals surface area contributed by atoms with Gasteiger partial charge >= 0.3 is 0 Å². The van der Waals surface area contributed by atoms with E-state index in [0.29, 0.717) is 11.2 Å². The summed E-state index contributed by atoms with van der Waals surface area (Å²) in [5.41, 5.74) is 0. The Morgan fingerprint density at radius 2 is 2.38 bits per heavy atom. The van der Waals surface area contributed by atoms with Crippen LogP contribution in [0.25, 0.3) is 0 Å². The molecule has 1 rings (SSSR count). The number of piperidine rings is 1. The highest BCUT2D eigenvalue weighted by molar-refractivity contribution is 7.81. The van der Waals surface area contributed by atoms with E-state index in [1.165, 1.54) is 0 Å². The number of thiol groups is 1. The van der Waals surface area contributed by atoms with Gasteiger partial charge in [-0.1, -0.05) is 0 Å². The third-order valence-electron chi connectivity index (χ3n) is 1.50. The molecule has 0 spiro atoms. The van der Waals surface area contributed by atoms with Gasteiger partial charge in [0, 0.05) is 11.8 Å². The van der Waals surface area contributed by atoms with Crippen molar-refractivity contribution < 1.29 is 0 Å². The summed E-state index contributed by atoms with van der Waals surface area (Å²) in [5.74, 6) is 0.305. The van der Waals surface area contributed by atoms with Crippen LogP contribution in [0.2, 0.25) is 0 Å². The highest BCUT2D eigenvalue weighted by Gasteiger charge is 2.16. The minimum absolute atomic E-state index is 0.305. The van der Waals surface area contributed by atoms with Crippen molar-refractivity contribution in [3.05, 3.63) is 6.92 Å². The maximum atomic E-state index is 5.66. The van der Waals surface area contributed by atoms with Crippen LogP contribution in [0, 0.1) is 12.8 Å². The Kier molecular flexibility index (Phi) is 2.20. The van der Waals surface area contributed by atoms with E-state index in [1.807, 2.05) is 0 Å². The molecule has 1 N–H and O–H groups in total. The molecular formula is C6H11NS. The summed E-state index contributed by atoms with van der Waals surface area (Å²) in [6.07, 6.45) is 1.06. The van der Waals surface area contributed by atoms with E-state index in [-0.39, 0.29) is 0 Å². The van der Waals surface area contributed by atoms with Gasteiger partial charge in [-0.05, 0) is 25.8 Å². The first kappa shape index (κ1) is 6.43. The van der Waals surface area contributed by atoms with Crippen LogP contribution in [-0.2, 0) is 0 Å². The Labute approximate surface area is 56.3 Å². The lowest BCUT2D eigenvalue weighted by molar-refractivity contribution is 0.448. The molecule has 0 aromatic heterocycles. The van der Waals surface area contributed by atoms with Crippen LogP contribution in [0.1, 0.15) is 6.42 Å². The molecule has 2 unspecified atom stereocenters. The molecule has 8 heavy (non-hydrogen) atoms. The maximum Gasteiger partial charge on any atom is 0.0173 e. The molecule has 2 heteroatoms. The van der Waals surface area contributed by atoms with E-state index < -0.39 is 0 Å². The average molecular weight is 129 g/mol. The van der Waals surface area contributed by atoms with Crippen LogP contribution in [0.4, 0.5) is 0 Å². The molecule has 0 aliphatic carbocycles. The van der Waals surface area contributed by atoms with Crippen molar-refractivity contribution in [3.8, 4) is 0 Å². The quantitative estimate of drug-likeness (QED) is 0.457. The first-order valence-electron chi connectivity index (χ1n) is 2.95. The number of hydrogen-bond donors (Lipinski definition) is 2. The Bertz CT molecular complexity index is 64.9. The molecule has 0 bridgehead atoms. The van der Waals surface area contributed by atoms with E-state index in [4.69, 9.17) is 6.92 Å². The second kappa shape index (κ2) is 2.74. The van der Waals surface area contributed by atoms with Gasteiger partial charge in [0.25, 0.3) is 0 Å². The lowest BCUT2D eigenvalue weighted by Gasteiger charge is -2.24. The Balaban J connectivity index is 2.28. The molecular weight excluding hydrogens is 118 g/mol. The van der Waals surface area contributed by atoms with Crippen LogP contribution in [0.5, 0.6) is 0 Å². The summed E-state index contributed by atoms with van der Waals surface area (Å²) < 4.78 is 0. The number of rotatable bonds is 0. The van der Waals surface area contributed by atoms with Gasteiger partial charge < -0.3 is 5.32 Å². The van der Waals surface area contributed by atoms with Crippen molar-refractivity contribution in [2.24, 2.45) is 5.92 Å². The van der Waals surface area contributed by atoms with Crippen LogP contribution in [-0.4, -0.2) is 18.3 Å². The molecule has 1 heterocycles. The highest BCUT2D eigenvalue weighted by Crippen LogP contribution is 2.14. The third-order valence-corrected chi connectivity index (χ3v) is 2.07. The summed E-state index contributed by atoms with van der Waals surface area (Å²) in [6, 6.07) is 0. The Morgan fingerprint density at radius 1 is 1.62 bits per heavy atom. The molecule has 1 saturated heterocycles. The van der Waals surface area contributed by atoms with E-state index in [1.54, 1.807) is 0 Å². The molecule has 0 saturated carbocycles. The third kappa shape index (κ3) is 1.39. The van der Waals surface area contributed by atoms with Gasteiger partial charge in [0.1, 0.15) is 0 Å². The fraction of sp³-hybridized carbons (Fsp3) is 0.833. The van der Waals surface area contributed by atoms with Gasteiger partial charge in [-0.15, -0.1) is 0 Å². The first-order chi connectivity index (χ1) is 3.80. The zero-order valence-corrected chi connectivity index (χ0v) is 5.70. The Morgan fingerprint density at radius 3 is 2.75 bits per heavy atom. The summed E-state index contributed by atoms with van der Waals surface area (Å²) in [6.45, 7) is 7.68. The van der Waals surface area contributed by atoms with Gasteiger partial charge in [0.05, 0.1) is 0 Å². The van der Waals surface area contributed by atoms with Crippen LogP contribution >= 0.6 is 12.6 Å². The van der Waals surface area contributed by atoms with Crippen LogP contribution < -0.4 is 5.32 Å². The normalized spacial score (nSPS) is 39.8. The molecule has 2 atom stereocenters. The lowest BCUT2D eigenvalue weighted by atomic mass is 10.0. The van der Waals surface area contributed by atoms with Gasteiger partial charge in [-0.25, -0.2) is 0 Å². The number of hydrogen-bond acceptors (Lipinski definition) is 2. The lowest BCUT2D eigenvalue weighted by Crippen LogP contribution is -2.36. The minimum atomic E-state index is 0.305. The summed E-state index contributed by atoms with van der Waals surface area (Å²) in [5, 5.41) is 3.57. The summed E-state index contributed by atoms with van der Waals surface area (Å²) >= 11 is 4.27. The zero-order chi connectivity index (χ0) is 5.98. The molecule has 46 valence electrons. The minimum Gasteiger partial charge on any atom is -0.316 e. The topological polar surface area (TPSA) is 12.0 Å². The first-order valence-corrected chi connectivity index (χ1v) is 3.46. The number of nitrogens with one attached hydrogen (secondary N) is 1. The van der Waals surface area contributed by atoms with Crippen molar-refractivity contribution in [3.63, 3.8) is 0 Å². The highest BCUT2D eigenvalue weighted by atomic mass is 32.1. The second-order valence-corrected chi connectivity index (χ2v) is 2.89. The standard InChI is InChI=1S/C6H11NS/c1-5-2-3-7-4-6(5)8/h1,5-8H,2-4H2. The molecule has 1 aliphatic heterocycles. The molecule has 1 aliphatic rings. The zero-order valence-electron chi connectivity index (χ0n) is 4.80. The molecule has 1 fully saturated rings. The van der Waals surface area contributed by atoms with Crippen molar-refractivity contribution in [2.75, 3.05) is 13.1 Å². The molecule has 2 radical (unpaired) electrons. The summed E-state index contributed by atoms with van der Waals surface area (Å²) in [7, 11) is 0. The predicted octanol–water partition coefficient (Wildman–Crippen LogP) is 0.605. The Hall–Kier alpha value is 0.310. The average Bonchev–Trinajstić information content (AvgIpc) is 1.77. The van der Waals surface area contributed by atoms with Crippen molar-refractivity contribution in [2.45, 2.75) is 11.7 Å². The monoisotopic (exact) mass is 129 g/mol. The van der Waals surface area contributed by atoms with Gasteiger partial charge in [-0.3, -0.25) is 0 Å².